The van der Waals surface area contributed by atoms with Gasteiger partial charge in [0.05, 0.1) is 42.8 Å². The first kappa shape index (κ1) is 29.1. The molecular weight excluding hydrogens is 606 g/mol. The molecule has 2 atom stereocenters. The average molecular weight is 637 g/mol. The van der Waals surface area contributed by atoms with Crippen molar-refractivity contribution >= 4 is 44.0 Å². The summed E-state index contributed by atoms with van der Waals surface area (Å²) in [5.74, 6) is -0.327. The predicted molar refractivity (Wildman–Crippen MR) is 162 cm³/mol. The molecule has 3 aliphatic rings. The highest BCUT2D eigenvalue weighted by Crippen LogP contribution is 2.38. The second-order valence-electron chi connectivity index (χ2n) is 11.3. The predicted octanol–water partition coefficient (Wildman–Crippen LogP) is 4.46. The van der Waals surface area contributed by atoms with Crippen LogP contribution in [0.5, 0.6) is 11.5 Å². The molecule has 7 rings (SSSR count). The quantitative estimate of drug-likeness (QED) is 0.335. The van der Waals surface area contributed by atoms with E-state index in [-0.39, 0.29) is 18.7 Å². The highest BCUT2D eigenvalue weighted by molar-refractivity contribution is 7.92. The van der Waals surface area contributed by atoms with E-state index >= 15 is 0 Å². The number of amides is 1. The fourth-order valence-electron chi connectivity index (χ4n) is 5.95. The number of sulfone groups is 1. The van der Waals surface area contributed by atoms with Crippen LogP contribution >= 0.6 is 0 Å². The largest absolute Gasteiger partial charge is 0.489 e. The summed E-state index contributed by atoms with van der Waals surface area (Å²) in [6.07, 6.45) is 5.38. The van der Waals surface area contributed by atoms with Gasteiger partial charge in [0.25, 0.3) is 5.91 Å². The van der Waals surface area contributed by atoms with E-state index in [1.807, 2.05) is 29.3 Å². The molecule has 4 aromatic rings. The smallest absolute Gasteiger partial charge is 0.251 e. The van der Waals surface area contributed by atoms with Gasteiger partial charge in [0.2, 0.25) is 15.3 Å². The number of carbonyl (C=O) groups excluding carboxylic acids is 1. The Kier molecular flexibility index (Phi) is 7.38. The molecule has 1 N–H and O–H groups in total. The number of fused-ring (bicyclic) bond motifs is 3. The van der Waals surface area contributed by atoms with Crippen molar-refractivity contribution in [2.75, 3.05) is 36.1 Å². The third kappa shape index (κ3) is 5.36. The molecule has 0 radical (unpaired) electrons. The zero-order valence-electron chi connectivity index (χ0n) is 24.4. The van der Waals surface area contributed by atoms with E-state index < -0.39 is 44.1 Å². The molecule has 6 heterocycles. The van der Waals surface area contributed by atoms with Crippen LogP contribution in [-0.4, -0.2) is 67.1 Å². The van der Waals surface area contributed by atoms with E-state index in [1.54, 1.807) is 12.3 Å². The summed E-state index contributed by atoms with van der Waals surface area (Å²) in [5.41, 5.74) is -0.390. The SMILES string of the molecule is C[C@@H]1CCCN1c1cnc2c(c1)OCCN2c1ccc2cnc(CNC(=O)c3cc(F)c4c(c3)S(=O)(=O)[C@@H](F)CCO4)cc2n1. The van der Waals surface area contributed by atoms with E-state index in [1.165, 1.54) is 0 Å². The number of aromatic nitrogens is 3. The molecule has 0 saturated carbocycles. The van der Waals surface area contributed by atoms with Crippen LogP contribution in [0.15, 0.2) is 53.7 Å². The summed E-state index contributed by atoms with van der Waals surface area (Å²) >= 11 is 0. The molecule has 0 unspecified atom stereocenters. The Morgan fingerprint density at radius 2 is 1.93 bits per heavy atom. The molecule has 3 aromatic heterocycles. The topological polar surface area (TPSA) is 127 Å². The third-order valence-electron chi connectivity index (χ3n) is 8.36. The molecule has 14 heteroatoms. The van der Waals surface area contributed by atoms with Gasteiger partial charge in [-0.05, 0) is 50.1 Å². The number of halogens is 2. The van der Waals surface area contributed by atoms with Gasteiger partial charge in [-0.3, -0.25) is 9.78 Å². The number of pyridine rings is 3. The normalized spacial score (nSPS) is 20.5. The molecule has 11 nitrogen and oxygen atoms in total. The molecule has 3 aliphatic heterocycles. The van der Waals surface area contributed by atoms with E-state index in [0.717, 1.165) is 42.6 Å². The Bertz CT molecular complexity index is 1930. The Balaban J connectivity index is 1.10. The van der Waals surface area contributed by atoms with Crippen LogP contribution in [0.2, 0.25) is 0 Å². The summed E-state index contributed by atoms with van der Waals surface area (Å²) in [7, 11) is -4.52. The van der Waals surface area contributed by atoms with Gasteiger partial charge in [0.1, 0.15) is 17.3 Å². The summed E-state index contributed by atoms with van der Waals surface area (Å²) in [4.78, 5) is 30.6. The number of benzene rings is 1. The number of rotatable bonds is 5. The number of hydrogen-bond acceptors (Lipinski definition) is 10. The second kappa shape index (κ2) is 11.4. The van der Waals surface area contributed by atoms with E-state index in [0.29, 0.717) is 47.8 Å². The van der Waals surface area contributed by atoms with Gasteiger partial charge in [-0.1, -0.05) is 0 Å². The lowest BCUT2D eigenvalue weighted by Crippen LogP contribution is -2.31. The maximum absolute atomic E-state index is 14.7. The van der Waals surface area contributed by atoms with Crippen LogP contribution in [0.1, 0.15) is 42.2 Å². The van der Waals surface area contributed by atoms with Crippen molar-refractivity contribution in [1.29, 1.82) is 0 Å². The molecule has 1 fully saturated rings. The lowest BCUT2D eigenvalue weighted by molar-refractivity contribution is 0.0949. The molecule has 1 amide bonds. The standard InChI is InChI=1S/C31H30F2N6O5S/c1-18-3-2-7-38(18)22-14-25-30(35-17-22)39(8-10-43-25)28-5-4-19-15-34-21(13-24(19)37-28)16-36-31(40)20-11-23(32)29-26(12-20)45(41,42)27(33)6-9-44-29/h4-5,11-15,17-18,27H,2-3,6-10,16H2,1H3,(H,36,40)/t18-,27-/m1/s1. The molecule has 0 aliphatic carbocycles. The van der Waals surface area contributed by atoms with Crippen LogP contribution in [0.3, 0.4) is 0 Å². The highest BCUT2D eigenvalue weighted by Gasteiger charge is 2.35. The van der Waals surface area contributed by atoms with Gasteiger partial charge in [-0.15, -0.1) is 0 Å². The number of hydrogen-bond donors (Lipinski definition) is 1. The monoisotopic (exact) mass is 636 g/mol. The molecule has 1 saturated heterocycles. The van der Waals surface area contributed by atoms with Crippen molar-refractivity contribution in [2.24, 2.45) is 0 Å². The Morgan fingerprint density at radius 1 is 1.07 bits per heavy atom. The van der Waals surface area contributed by atoms with Gasteiger partial charge in [-0.2, -0.15) is 0 Å². The summed E-state index contributed by atoms with van der Waals surface area (Å²) in [5, 5.41) is 3.41. The van der Waals surface area contributed by atoms with Gasteiger partial charge in [-0.25, -0.2) is 27.2 Å². The Morgan fingerprint density at radius 3 is 2.76 bits per heavy atom. The summed E-state index contributed by atoms with van der Waals surface area (Å²) < 4.78 is 65.2. The minimum absolute atomic E-state index is 0.0476. The zero-order chi connectivity index (χ0) is 31.3. The fraction of sp³-hybridized carbons (Fsp3) is 0.355. The molecule has 0 bridgehead atoms. The number of anilines is 3. The number of nitrogens with one attached hydrogen (secondary N) is 1. The second-order valence-corrected chi connectivity index (χ2v) is 13.3. The first-order valence-corrected chi connectivity index (χ1v) is 16.3. The first-order valence-electron chi connectivity index (χ1n) is 14.7. The van der Waals surface area contributed by atoms with E-state index in [9.17, 15) is 22.0 Å². The number of ether oxygens (including phenoxy) is 2. The average Bonchev–Trinajstić information content (AvgIpc) is 3.44. The van der Waals surface area contributed by atoms with Gasteiger partial charge in [0.15, 0.2) is 23.1 Å². The first-order chi connectivity index (χ1) is 21.7. The van der Waals surface area contributed by atoms with Crippen molar-refractivity contribution in [2.45, 2.75) is 49.2 Å². The van der Waals surface area contributed by atoms with E-state index in [4.69, 9.17) is 19.4 Å². The molecule has 1 aromatic carbocycles. The Labute approximate surface area is 258 Å². The molecule has 45 heavy (non-hydrogen) atoms. The van der Waals surface area contributed by atoms with Crippen LogP contribution in [-0.2, 0) is 16.4 Å². The van der Waals surface area contributed by atoms with Crippen molar-refractivity contribution in [3.05, 3.63) is 65.9 Å². The van der Waals surface area contributed by atoms with Gasteiger partial charge >= 0.3 is 0 Å². The third-order valence-corrected chi connectivity index (χ3v) is 10.2. The zero-order valence-corrected chi connectivity index (χ0v) is 25.2. The summed E-state index contributed by atoms with van der Waals surface area (Å²) in [6, 6.07) is 9.83. The Hall–Kier alpha value is -4.59. The number of alkyl halides is 1. The minimum atomic E-state index is -4.52. The maximum Gasteiger partial charge on any atom is 0.251 e. The lowest BCUT2D eigenvalue weighted by atomic mass is 10.2. The van der Waals surface area contributed by atoms with E-state index in [2.05, 4.69) is 22.1 Å². The van der Waals surface area contributed by atoms with Crippen molar-refractivity contribution < 1.29 is 31.5 Å². The van der Waals surface area contributed by atoms with Crippen LogP contribution < -0.4 is 24.6 Å². The molecule has 0 spiro atoms. The fourth-order valence-corrected chi connectivity index (χ4v) is 7.34. The molecular formula is C31H30F2N6O5S. The van der Waals surface area contributed by atoms with Crippen LogP contribution in [0.4, 0.5) is 26.1 Å². The summed E-state index contributed by atoms with van der Waals surface area (Å²) in [6.45, 7) is 3.90. The minimum Gasteiger partial charge on any atom is -0.489 e. The van der Waals surface area contributed by atoms with Crippen LogP contribution in [0, 0.1) is 5.82 Å². The van der Waals surface area contributed by atoms with Crippen molar-refractivity contribution in [3.8, 4) is 11.5 Å². The van der Waals surface area contributed by atoms with Crippen molar-refractivity contribution in [1.82, 2.24) is 20.3 Å². The lowest BCUT2D eigenvalue weighted by Gasteiger charge is -2.31. The van der Waals surface area contributed by atoms with Gasteiger partial charge < -0.3 is 24.6 Å². The maximum atomic E-state index is 14.7. The van der Waals surface area contributed by atoms with Crippen LogP contribution in [0.25, 0.3) is 10.9 Å². The number of carbonyl (C=O) groups is 1. The number of nitrogens with zero attached hydrogens (tertiary/aromatic N) is 5. The van der Waals surface area contributed by atoms with Crippen molar-refractivity contribution in [3.63, 3.8) is 0 Å². The van der Waals surface area contributed by atoms with Gasteiger partial charge in [0, 0.05) is 42.2 Å². The molecule has 234 valence electrons. The highest BCUT2D eigenvalue weighted by atomic mass is 32.2.